The van der Waals surface area contributed by atoms with E-state index in [0.29, 0.717) is 17.7 Å². The molecule has 0 amide bonds. The standard InChI is InChI=1S/C15H24N2O2/c1-10(19)12-6-5-11(9-13(12)16)17-14(7-8-18)15(2,3)4/h5-6,9,14,17-18H,7-8,16H2,1-4H3. The SMILES string of the molecule is CC(=O)c1ccc(NC(CCO)C(C)(C)C)cc1N. The number of aliphatic hydroxyl groups excluding tert-OH is 1. The fourth-order valence-electron chi connectivity index (χ4n) is 2.03. The molecule has 4 N–H and O–H groups in total. The van der Waals surface area contributed by atoms with E-state index in [1.54, 1.807) is 12.1 Å². The third-order valence-corrected chi connectivity index (χ3v) is 3.23. The molecule has 106 valence electrons. The minimum atomic E-state index is -0.0354. The minimum absolute atomic E-state index is 0.0245. The molecule has 0 aliphatic carbocycles. The van der Waals surface area contributed by atoms with Gasteiger partial charge in [-0.25, -0.2) is 0 Å². The molecule has 1 aromatic rings. The molecule has 19 heavy (non-hydrogen) atoms. The van der Waals surface area contributed by atoms with Gasteiger partial charge in [0, 0.05) is 29.6 Å². The van der Waals surface area contributed by atoms with Gasteiger partial charge in [0.05, 0.1) is 0 Å². The number of rotatable bonds is 5. The smallest absolute Gasteiger partial charge is 0.161 e. The summed E-state index contributed by atoms with van der Waals surface area (Å²) in [6, 6.07) is 5.49. The number of carbonyl (C=O) groups is 1. The van der Waals surface area contributed by atoms with Crippen LogP contribution < -0.4 is 11.1 Å². The number of benzene rings is 1. The number of nitrogen functional groups attached to an aromatic ring is 1. The molecule has 0 bridgehead atoms. The average molecular weight is 264 g/mol. The van der Waals surface area contributed by atoms with Gasteiger partial charge in [0.15, 0.2) is 5.78 Å². The number of anilines is 2. The van der Waals surface area contributed by atoms with E-state index in [9.17, 15) is 4.79 Å². The highest BCUT2D eigenvalue weighted by Crippen LogP contribution is 2.27. The molecule has 0 radical (unpaired) electrons. The Morgan fingerprint density at radius 1 is 1.42 bits per heavy atom. The number of nitrogens with two attached hydrogens (primary N) is 1. The quantitative estimate of drug-likeness (QED) is 0.564. The van der Waals surface area contributed by atoms with Crippen LogP contribution >= 0.6 is 0 Å². The monoisotopic (exact) mass is 264 g/mol. The van der Waals surface area contributed by atoms with Crippen molar-refractivity contribution in [1.82, 2.24) is 0 Å². The van der Waals surface area contributed by atoms with Crippen LogP contribution in [0.15, 0.2) is 18.2 Å². The lowest BCUT2D eigenvalue weighted by Gasteiger charge is -2.32. The molecular formula is C15H24N2O2. The van der Waals surface area contributed by atoms with Crippen LogP contribution in [-0.4, -0.2) is 23.5 Å². The summed E-state index contributed by atoms with van der Waals surface area (Å²) in [7, 11) is 0. The number of hydrogen-bond donors (Lipinski definition) is 3. The maximum Gasteiger partial charge on any atom is 0.161 e. The molecule has 0 aliphatic rings. The van der Waals surface area contributed by atoms with E-state index >= 15 is 0 Å². The van der Waals surface area contributed by atoms with Crippen LogP contribution in [0, 0.1) is 5.41 Å². The number of nitrogens with one attached hydrogen (secondary N) is 1. The van der Waals surface area contributed by atoms with E-state index in [2.05, 4.69) is 26.1 Å². The molecule has 0 heterocycles. The first-order valence-electron chi connectivity index (χ1n) is 6.53. The molecule has 0 aromatic heterocycles. The van der Waals surface area contributed by atoms with Crippen molar-refractivity contribution in [2.24, 2.45) is 5.41 Å². The summed E-state index contributed by atoms with van der Waals surface area (Å²) >= 11 is 0. The van der Waals surface area contributed by atoms with Crippen LogP contribution in [0.4, 0.5) is 11.4 Å². The molecule has 1 rings (SSSR count). The van der Waals surface area contributed by atoms with E-state index in [4.69, 9.17) is 10.8 Å². The van der Waals surface area contributed by atoms with Gasteiger partial charge >= 0.3 is 0 Å². The molecular weight excluding hydrogens is 240 g/mol. The summed E-state index contributed by atoms with van der Waals surface area (Å²) in [6.07, 6.45) is 0.665. The molecule has 0 saturated heterocycles. The Bertz CT molecular complexity index is 450. The number of ketones is 1. The van der Waals surface area contributed by atoms with Gasteiger partial charge in [-0.1, -0.05) is 20.8 Å². The molecule has 0 saturated carbocycles. The first-order valence-corrected chi connectivity index (χ1v) is 6.53. The van der Waals surface area contributed by atoms with E-state index in [0.717, 1.165) is 5.69 Å². The zero-order chi connectivity index (χ0) is 14.6. The molecule has 4 heteroatoms. The Balaban J connectivity index is 2.92. The summed E-state index contributed by atoms with van der Waals surface area (Å²) in [5.74, 6) is -0.0354. The Morgan fingerprint density at radius 2 is 2.05 bits per heavy atom. The van der Waals surface area contributed by atoms with Gasteiger partial charge in [0.2, 0.25) is 0 Å². The second-order valence-corrected chi connectivity index (χ2v) is 5.93. The second kappa shape index (κ2) is 6.06. The van der Waals surface area contributed by atoms with Crippen molar-refractivity contribution in [3.63, 3.8) is 0 Å². The number of carbonyl (C=O) groups excluding carboxylic acids is 1. The maximum atomic E-state index is 11.3. The summed E-state index contributed by atoms with van der Waals surface area (Å²) < 4.78 is 0. The Labute approximate surface area is 115 Å². The van der Waals surface area contributed by atoms with Gasteiger partial charge in [-0.2, -0.15) is 0 Å². The Kier molecular flexibility index (Phi) is 4.95. The van der Waals surface area contributed by atoms with Crippen molar-refractivity contribution in [3.8, 4) is 0 Å². The third kappa shape index (κ3) is 4.24. The van der Waals surface area contributed by atoms with Crippen LogP contribution in [0.2, 0.25) is 0 Å². The summed E-state index contributed by atoms with van der Waals surface area (Å²) in [5.41, 5.74) is 7.79. The third-order valence-electron chi connectivity index (χ3n) is 3.23. The predicted octanol–water partition coefficient (Wildman–Crippen LogP) is 2.68. The van der Waals surface area contributed by atoms with Crippen LogP contribution in [0.1, 0.15) is 44.5 Å². The van der Waals surface area contributed by atoms with Crippen molar-refractivity contribution in [3.05, 3.63) is 23.8 Å². The van der Waals surface area contributed by atoms with Crippen LogP contribution in [0.5, 0.6) is 0 Å². The Morgan fingerprint density at radius 3 is 2.47 bits per heavy atom. The number of aliphatic hydroxyl groups is 1. The largest absolute Gasteiger partial charge is 0.398 e. The van der Waals surface area contributed by atoms with E-state index in [1.165, 1.54) is 6.92 Å². The molecule has 0 spiro atoms. The average Bonchev–Trinajstić information content (AvgIpc) is 2.26. The van der Waals surface area contributed by atoms with Gasteiger partial charge in [0.25, 0.3) is 0 Å². The van der Waals surface area contributed by atoms with Crippen LogP contribution in [-0.2, 0) is 0 Å². The van der Waals surface area contributed by atoms with Crippen molar-refractivity contribution >= 4 is 17.2 Å². The molecule has 4 nitrogen and oxygen atoms in total. The van der Waals surface area contributed by atoms with E-state index in [1.807, 2.05) is 6.07 Å². The summed E-state index contributed by atoms with van der Waals surface area (Å²) in [4.78, 5) is 11.3. The first kappa shape index (κ1) is 15.5. The predicted molar refractivity (Wildman–Crippen MR) is 79.4 cm³/mol. The van der Waals surface area contributed by atoms with Gasteiger partial charge in [-0.15, -0.1) is 0 Å². The maximum absolute atomic E-state index is 11.3. The van der Waals surface area contributed by atoms with E-state index in [-0.39, 0.29) is 23.8 Å². The zero-order valence-corrected chi connectivity index (χ0v) is 12.2. The van der Waals surface area contributed by atoms with E-state index < -0.39 is 0 Å². The normalized spacial score (nSPS) is 13.1. The van der Waals surface area contributed by atoms with Crippen molar-refractivity contribution < 1.29 is 9.90 Å². The number of Topliss-reactive ketones (excluding diaryl/α,β-unsaturated/α-hetero) is 1. The topological polar surface area (TPSA) is 75.3 Å². The van der Waals surface area contributed by atoms with Crippen LogP contribution in [0.25, 0.3) is 0 Å². The zero-order valence-electron chi connectivity index (χ0n) is 12.2. The highest BCUT2D eigenvalue weighted by Gasteiger charge is 2.24. The molecule has 0 aliphatic heterocycles. The number of hydrogen-bond acceptors (Lipinski definition) is 4. The molecule has 0 fully saturated rings. The molecule has 1 atom stereocenters. The highest BCUT2D eigenvalue weighted by molar-refractivity contribution is 5.99. The fourth-order valence-corrected chi connectivity index (χ4v) is 2.03. The molecule has 1 unspecified atom stereocenters. The van der Waals surface area contributed by atoms with Gasteiger partial charge < -0.3 is 16.2 Å². The minimum Gasteiger partial charge on any atom is -0.398 e. The van der Waals surface area contributed by atoms with Crippen molar-refractivity contribution in [2.45, 2.75) is 40.2 Å². The summed E-state index contributed by atoms with van der Waals surface area (Å²) in [5, 5.41) is 12.5. The molecule has 1 aromatic carbocycles. The van der Waals surface area contributed by atoms with Gasteiger partial charge in [0.1, 0.15) is 0 Å². The second-order valence-electron chi connectivity index (χ2n) is 5.93. The van der Waals surface area contributed by atoms with Gasteiger partial charge in [-0.05, 0) is 37.0 Å². The van der Waals surface area contributed by atoms with Crippen molar-refractivity contribution in [1.29, 1.82) is 0 Å². The van der Waals surface area contributed by atoms with Gasteiger partial charge in [-0.3, -0.25) is 4.79 Å². The van der Waals surface area contributed by atoms with Crippen molar-refractivity contribution in [2.75, 3.05) is 17.7 Å². The lowest BCUT2D eigenvalue weighted by molar-refractivity contribution is 0.101. The lowest BCUT2D eigenvalue weighted by atomic mass is 9.84. The summed E-state index contributed by atoms with van der Waals surface area (Å²) in [6.45, 7) is 7.99. The Hall–Kier alpha value is -1.55. The lowest BCUT2D eigenvalue weighted by Crippen LogP contribution is -2.34. The highest BCUT2D eigenvalue weighted by atomic mass is 16.3. The van der Waals surface area contributed by atoms with Crippen LogP contribution in [0.3, 0.4) is 0 Å². The fraction of sp³-hybridized carbons (Fsp3) is 0.533. The first-order chi connectivity index (χ1) is 8.75.